The van der Waals surface area contributed by atoms with Gasteiger partial charge >= 0.3 is 5.97 Å². The lowest BCUT2D eigenvalue weighted by molar-refractivity contribution is -0.124. The van der Waals surface area contributed by atoms with Gasteiger partial charge in [-0.25, -0.2) is 4.79 Å². The SMILES string of the molecule is COc1cc(CNC(=O)COC(=O)c2ccc[nH]2)cc(OC)c1OC. The molecular formula is C17H20N2O6. The van der Waals surface area contributed by atoms with E-state index in [-0.39, 0.29) is 18.8 Å². The molecule has 2 aromatic rings. The summed E-state index contributed by atoms with van der Waals surface area (Å²) in [5, 5.41) is 2.66. The second kappa shape index (κ2) is 8.62. The highest BCUT2D eigenvalue weighted by atomic mass is 16.5. The largest absolute Gasteiger partial charge is 0.493 e. The summed E-state index contributed by atoms with van der Waals surface area (Å²) in [5.41, 5.74) is 1.04. The molecule has 0 saturated heterocycles. The maximum atomic E-state index is 11.8. The smallest absolute Gasteiger partial charge is 0.355 e. The number of carbonyl (C=O) groups excluding carboxylic acids is 2. The fourth-order valence-corrected chi connectivity index (χ4v) is 2.16. The fourth-order valence-electron chi connectivity index (χ4n) is 2.16. The Hall–Kier alpha value is -3.16. The predicted molar refractivity (Wildman–Crippen MR) is 89.0 cm³/mol. The number of benzene rings is 1. The summed E-state index contributed by atoms with van der Waals surface area (Å²) in [6.07, 6.45) is 1.60. The van der Waals surface area contributed by atoms with Crippen molar-refractivity contribution in [1.29, 1.82) is 0 Å². The van der Waals surface area contributed by atoms with Gasteiger partial charge in [0, 0.05) is 12.7 Å². The molecular weight excluding hydrogens is 328 g/mol. The van der Waals surface area contributed by atoms with E-state index in [1.54, 1.807) is 30.5 Å². The Morgan fingerprint density at radius 3 is 2.28 bits per heavy atom. The number of ether oxygens (including phenoxy) is 4. The standard InChI is InChI=1S/C17H20N2O6/c1-22-13-7-11(8-14(23-2)16(13)24-3)9-19-15(20)10-25-17(21)12-5-4-6-18-12/h4-8,18H,9-10H2,1-3H3,(H,19,20). The minimum Gasteiger partial charge on any atom is -0.493 e. The highest BCUT2D eigenvalue weighted by Gasteiger charge is 2.14. The third kappa shape index (κ3) is 4.66. The highest BCUT2D eigenvalue weighted by molar-refractivity contribution is 5.89. The summed E-state index contributed by atoms with van der Waals surface area (Å²) >= 11 is 0. The molecule has 0 aliphatic carbocycles. The molecule has 1 aromatic heterocycles. The average molecular weight is 348 g/mol. The van der Waals surface area contributed by atoms with Gasteiger partial charge in [0.05, 0.1) is 21.3 Å². The summed E-state index contributed by atoms with van der Waals surface area (Å²) in [5.74, 6) is 0.440. The Balaban J connectivity index is 1.92. The maximum Gasteiger partial charge on any atom is 0.355 e. The Morgan fingerprint density at radius 2 is 1.76 bits per heavy atom. The molecule has 0 unspecified atom stereocenters. The first-order chi connectivity index (χ1) is 12.1. The number of hydrogen-bond donors (Lipinski definition) is 2. The molecule has 2 N–H and O–H groups in total. The van der Waals surface area contributed by atoms with Crippen molar-refractivity contribution >= 4 is 11.9 Å². The number of hydrogen-bond acceptors (Lipinski definition) is 6. The van der Waals surface area contributed by atoms with Crippen molar-refractivity contribution < 1.29 is 28.5 Å². The van der Waals surface area contributed by atoms with Gasteiger partial charge in [0.25, 0.3) is 5.91 Å². The van der Waals surface area contributed by atoms with Crippen LogP contribution in [0.3, 0.4) is 0 Å². The number of amides is 1. The van der Waals surface area contributed by atoms with Gasteiger partial charge in [-0.1, -0.05) is 0 Å². The Labute approximate surface area is 145 Å². The van der Waals surface area contributed by atoms with Gasteiger partial charge in [0.2, 0.25) is 5.75 Å². The first-order valence-corrected chi connectivity index (χ1v) is 7.45. The van der Waals surface area contributed by atoms with E-state index in [4.69, 9.17) is 18.9 Å². The lowest BCUT2D eigenvalue weighted by Crippen LogP contribution is -2.28. The van der Waals surface area contributed by atoms with Crippen molar-refractivity contribution in [1.82, 2.24) is 10.3 Å². The van der Waals surface area contributed by atoms with Crippen molar-refractivity contribution in [3.05, 3.63) is 41.7 Å². The van der Waals surface area contributed by atoms with E-state index >= 15 is 0 Å². The molecule has 1 amide bonds. The van der Waals surface area contributed by atoms with Gasteiger partial charge in [0.1, 0.15) is 5.69 Å². The zero-order chi connectivity index (χ0) is 18.2. The van der Waals surface area contributed by atoms with Gasteiger partial charge in [-0.15, -0.1) is 0 Å². The van der Waals surface area contributed by atoms with Gasteiger partial charge in [-0.05, 0) is 29.8 Å². The number of methoxy groups -OCH3 is 3. The summed E-state index contributed by atoms with van der Waals surface area (Å²) in [6.45, 7) is -0.155. The molecule has 0 saturated carbocycles. The summed E-state index contributed by atoms with van der Waals surface area (Å²) in [4.78, 5) is 26.2. The average Bonchev–Trinajstić information content (AvgIpc) is 3.18. The Bertz CT molecular complexity index is 702. The van der Waals surface area contributed by atoms with Gasteiger partial charge in [0.15, 0.2) is 18.1 Å². The van der Waals surface area contributed by atoms with E-state index in [1.165, 1.54) is 21.3 Å². The normalized spacial score (nSPS) is 10.0. The summed E-state index contributed by atoms with van der Waals surface area (Å²) in [6, 6.07) is 6.69. The number of rotatable bonds is 8. The molecule has 8 nitrogen and oxygen atoms in total. The molecule has 0 fully saturated rings. The molecule has 25 heavy (non-hydrogen) atoms. The molecule has 0 radical (unpaired) electrons. The van der Waals surface area contributed by atoms with E-state index in [9.17, 15) is 9.59 Å². The first kappa shape index (κ1) is 18.2. The van der Waals surface area contributed by atoms with Crippen LogP contribution in [0.1, 0.15) is 16.1 Å². The third-order valence-corrected chi connectivity index (χ3v) is 3.37. The van der Waals surface area contributed by atoms with E-state index in [2.05, 4.69) is 10.3 Å². The zero-order valence-corrected chi connectivity index (χ0v) is 14.3. The number of esters is 1. The van der Waals surface area contributed by atoms with Crippen LogP contribution < -0.4 is 19.5 Å². The molecule has 0 aliphatic heterocycles. The number of aromatic amines is 1. The molecule has 8 heteroatoms. The second-order valence-corrected chi connectivity index (χ2v) is 4.97. The van der Waals surface area contributed by atoms with Crippen molar-refractivity contribution in [2.75, 3.05) is 27.9 Å². The predicted octanol–water partition coefficient (Wildman–Crippen LogP) is 1.51. The van der Waals surface area contributed by atoms with Gasteiger partial charge in [-0.3, -0.25) is 4.79 Å². The lowest BCUT2D eigenvalue weighted by atomic mass is 10.1. The molecule has 134 valence electrons. The van der Waals surface area contributed by atoms with E-state index in [0.717, 1.165) is 5.56 Å². The van der Waals surface area contributed by atoms with Crippen molar-refractivity contribution in [2.24, 2.45) is 0 Å². The monoisotopic (exact) mass is 348 g/mol. The third-order valence-electron chi connectivity index (χ3n) is 3.37. The minimum atomic E-state index is -0.590. The van der Waals surface area contributed by atoms with Crippen molar-refractivity contribution in [3.63, 3.8) is 0 Å². The first-order valence-electron chi connectivity index (χ1n) is 7.45. The molecule has 1 heterocycles. The number of aromatic nitrogens is 1. The topological polar surface area (TPSA) is 98.9 Å². The van der Waals surface area contributed by atoms with Crippen molar-refractivity contribution in [3.8, 4) is 17.2 Å². The zero-order valence-electron chi connectivity index (χ0n) is 14.3. The second-order valence-electron chi connectivity index (χ2n) is 4.97. The quantitative estimate of drug-likeness (QED) is 0.702. The van der Waals surface area contributed by atoms with Crippen LogP contribution in [0.5, 0.6) is 17.2 Å². The Kier molecular flexibility index (Phi) is 6.27. The van der Waals surface area contributed by atoms with Gasteiger partial charge < -0.3 is 29.2 Å². The summed E-state index contributed by atoms with van der Waals surface area (Å²) in [7, 11) is 4.54. The van der Waals surface area contributed by atoms with Crippen molar-refractivity contribution in [2.45, 2.75) is 6.54 Å². The lowest BCUT2D eigenvalue weighted by Gasteiger charge is -2.14. The van der Waals surface area contributed by atoms with Crippen LogP contribution in [0.4, 0.5) is 0 Å². The Morgan fingerprint density at radius 1 is 1.08 bits per heavy atom. The molecule has 0 aliphatic rings. The minimum absolute atomic E-state index is 0.218. The van der Waals surface area contributed by atoms with E-state index in [1.807, 2.05) is 0 Å². The maximum absolute atomic E-state index is 11.8. The molecule has 0 spiro atoms. The van der Waals surface area contributed by atoms with Crippen LogP contribution in [0.25, 0.3) is 0 Å². The van der Waals surface area contributed by atoms with Crippen LogP contribution in [0.2, 0.25) is 0 Å². The van der Waals surface area contributed by atoms with Crippen LogP contribution in [0.15, 0.2) is 30.5 Å². The molecule has 0 bridgehead atoms. The number of nitrogens with one attached hydrogen (secondary N) is 2. The molecule has 0 atom stereocenters. The molecule has 2 rings (SSSR count). The number of carbonyl (C=O) groups is 2. The number of H-pyrrole nitrogens is 1. The van der Waals surface area contributed by atoms with Crippen LogP contribution >= 0.6 is 0 Å². The van der Waals surface area contributed by atoms with E-state index < -0.39 is 11.9 Å². The van der Waals surface area contributed by atoms with Crippen LogP contribution in [-0.2, 0) is 16.1 Å². The summed E-state index contributed by atoms with van der Waals surface area (Å²) < 4.78 is 20.7. The molecule has 1 aromatic carbocycles. The fraction of sp³-hybridized carbons (Fsp3) is 0.294. The highest BCUT2D eigenvalue weighted by Crippen LogP contribution is 2.38. The van der Waals surface area contributed by atoms with Crippen LogP contribution in [-0.4, -0.2) is 44.8 Å². The van der Waals surface area contributed by atoms with Gasteiger partial charge in [-0.2, -0.15) is 0 Å². The van der Waals surface area contributed by atoms with E-state index in [0.29, 0.717) is 17.2 Å². The van der Waals surface area contributed by atoms with Crippen LogP contribution in [0, 0.1) is 0 Å².